The number of aliphatic carboxylic acids is 1. The normalized spacial score (nSPS) is 14.2. The van der Waals surface area contributed by atoms with Crippen molar-refractivity contribution in [2.45, 2.75) is 17.8 Å². The van der Waals surface area contributed by atoms with Crippen LogP contribution in [0, 0.1) is 5.41 Å². The number of carboxylic acid groups (broad SMARTS) is 1. The topological polar surface area (TPSA) is 90.4 Å². The smallest absolute Gasteiger partial charge is 0.346 e. The van der Waals surface area contributed by atoms with E-state index in [-0.39, 0.29) is 37.9 Å². The summed E-state index contributed by atoms with van der Waals surface area (Å²) in [6.07, 6.45) is 0.799. The summed E-state index contributed by atoms with van der Waals surface area (Å²) in [7, 11) is 0. The van der Waals surface area contributed by atoms with Crippen LogP contribution in [0.4, 0.5) is 8.78 Å². The average Bonchev–Trinajstić information content (AvgIpc) is 2.10. The third-order valence-electron chi connectivity index (χ3n) is 1.98. The first-order chi connectivity index (χ1) is 6.71. The van der Waals surface area contributed by atoms with E-state index in [1.807, 2.05) is 0 Å². The van der Waals surface area contributed by atoms with Crippen LogP contribution in [0.25, 0.3) is 0 Å². The Kier molecular flexibility index (Phi) is 10.4. The van der Waals surface area contributed by atoms with Crippen LogP contribution in [0.5, 0.6) is 0 Å². The number of thiol groups is 1. The highest BCUT2D eigenvalue weighted by molar-refractivity contribution is 7.81. The van der Waals surface area contributed by atoms with Crippen molar-refractivity contribution in [3.63, 3.8) is 0 Å². The Balaban J connectivity index is -0.000000980. The first-order valence-electron chi connectivity index (χ1n) is 4.08. The van der Waals surface area contributed by atoms with Crippen LogP contribution in [0.1, 0.15) is 6.92 Å². The summed E-state index contributed by atoms with van der Waals surface area (Å²) in [5.41, 5.74) is 2.24. The lowest BCUT2D eigenvalue weighted by atomic mass is 10.1. The SMILES string of the molecule is CCN(CC=N)[C@](N)(C(=O)O)C(F)(F)S.Cl.Cl. The predicted octanol–water partition coefficient (Wildman–Crippen LogP) is 1.06. The molecule has 0 aromatic rings. The zero-order valence-corrected chi connectivity index (χ0v) is 11.4. The van der Waals surface area contributed by atoms with Gasteiger partial charge >= 0.3 is 11.2 Å². The Labute approximate surface area is 115 Å². The molecule has 0 aromatic carbocycles. The number of halogens is 4. The third kappa shape index (κ3) is 4.55. The van der Waals surface area contributed by atoms with Crippen molar-refractivity contribution < 1.29 is 18.7 Å². The number of hydrogen-bond acceptors (Lipinski definition) is 5. The van der Waals surface area contributed by atoms with Crippen molar-refractivity contribution in [3.05, 3.63) is 0 Å². The van der Waals surface area contributed by atoms with Crippen molar-refractivity contribution in [1.29, 1.82) is 5.41 Å². The second-order valence-electron chi connectivity index (χ2n) is 2.86. The number of nitrogens with one attached hydrogen (secondary N) is 1. The lowest BCUT2D eigenvalue weighted by Crippen LogP contribution is -2.70. The lowest BCUT2D eigenvalue weighted by molar-refractivity contribution is -0.166. The van der Waals surface area contributed by atoms with Crippen molar-refractivity contribution >= 4 is 49.6 Å². The summed E-state index contributed by atoms with van der Waals surface area (Å²) in [4.78, 5) is 11.5. The van der Waals surface area contributed by atoms with Crippen LogP contribution in [0.3, 0.4) is 0 Å². The molecule has 0 saturated carbocycles. The van der Waals surface area contributed by atoms with Gasteiger partial charge < -0.3 is 10.5 Å². The van der Waals surface area contributed by atoms with Crippen LogP contribution >= 0.6 is 37.4 Å². The van der Waals surface area contributed by atoms with Gasteiger partial charge in [0.25, 0.3) is 0 Å². The van der Waals surface area contributed by atoms with E-state index in [0.717, 1.165) is 11.1 Å². The van der Waals surface area contributed by atoms with Crippen LogP contribution in [0.2, 0.25) is 0 Å². The molecule has 0 aliphatic rings. The fourth-order valence-corrected chi connectivity index (χ4v) is 1.32. The number of carbonyl (C=O) groups is 1. The van der Waals surface area contributed by atoms with Gasteiger partial charge in [0.15, 0.2) is 0 Å². The summed E-state index contributed by atoms with van der Waals surface area (Å²) in [5, 5.41) is 11.6. The quantitative estimate of drug-likeness (QED) is 0.335. The summed E-state index contributed by atoms with van der Waals surface area (Å²) < 4.78 is 26.0. The molecule has 0 saturated heterocycles. The molecule has 10 heteroatoms. The van der Waals surface area contributed by atoms with Crippen molar-refractivity contribution in [2.75, 3.05) is 13.1 Å². The molecule has 0 unspecified atom stereocenters. The molecule has 1 atom stereocenters. The molecule has 0 radical (unpaired) electrons. The van der Waals surface area contributed by atoms with Gasteiger partial charge in [0.2, 0.25) is 5.66 Å². The Hall–Kier alpha value is -0.150. The average molecular weight is 314 g/mol. The molecule has 5 nitrogen and oxygen atoms in total. The zero-order chi connectivity index (χ0) is 12.3. The van der Waals surface area contributed by atoms with E-state index in [1.165, 1.54) is 6.92 Å². The molecule has 0 heterocycles. The van der Waals surface area contributed by atoms with Gasteiger partial charge in [-0.3, -0.25) is 10.6 Å². The standard InChI is InChI=1S/C7H13F2N3O2S.2ClH/c1-2-12(4-3-10)6(11,5(13)14)7(8,9)15;;/h3,10,15H,2,4,11H2,1H3,(H,13,14);2*1H/t6-;;/m1../s1. The van der Waals surface area contributed by atoms with Gasteiger partial charge in [0.1, 0.15) is 0 Å². The predicted molar refractivity (Wildman–Crippen MR) is 69.0 cm³/mol. The number of likely N-dealkylation sites (N-methyl/N-ethyl adjacent to an activating group) is 1. The van der Waals surface area contributed by atoms with Crippen LogP contribution in [-0.4, -0.2) is 46.2 Å². The second kappa shape index (κ2) is 8.04. The highest BCUT2D eigenvalue weighted by atomic mass is 35.5. The fraction of sp³-hybridized carbons (Fsp3) is 0.714. The van der Waals surface area contributed by atoms with Crippen molar-refractivity contribution in [1.82, 2.24) is 4.90 Å². The molecule has 4 N–H and O–H groups in total. The Morgan fingerprint density at radius 1 is 1.59 bits per heavy atom. The number of rotatable bonds is 6. The molecule has 0 bridgehead atoms. The van der Waals surface area contributed by atoms with Gasteiger partial charge in [-0.25, -0.2) is 4.79 Å². The van der Waals surface area contributed by atoms with Gasteiger partial charge in [-0.05, 0) is 6.54 Å². The molecule has 0 aromatic heterocycles. The Bertz CT molecular complexity index is 268. The minimum absolute atomic E-state index is 0. The lowest BCUT2D eigenvalue weighted by Gasteiger charge is -2.38. The van der Waals surface area contributed by atoms with E-state index in [1.54, 1.807) is 0 Å². The molecule has 0 aliphatic heterocycles. The maximum Gasteiger partial charge on any atom is 0.346 e. The Morgan fingerprint density at radius 3 is 2.18 bits per heavy atom. The van der Waals surface area contributed by atoms with E-state index in [4.69, 9.17) is 16.2 Å². The van der Waals surface area contributed by atoms with Gasteiger partial charge in [0.05, 0.1) is 0 Å². The molecule has 17 heavy (non-hydrogen) atoms. The van der Waals surface area contributed by atoms with Gasteiger partial charge in [0, 0.05) is 12.8 Å². The highest BCUT2D eigenvalue weighted by Gasteiger charge is 2.58. The van der Waals surface area contributed by atoms with Crippen molar-refractivity contribution in [2.24, 2.45) is 5.73 Å². The second-order valence-corrected chi connectivity index (χ2v) is 3.42. The number of nitrogens with zero attached hydrogens (tertiary/aromatic N) is 1. The van der Waals surface area contributed by atoms with E-state index < -0.39 is 16.9 Å². The molecular formula is C7H15Cl2F2N3O2S. The molecule has 0 amide bonds. The van der Waals surface area contributed by atoms with Crippen LogP contribution in [-0.2, 0) is 4.79 Å². The maximum atomic E-state index is 13.0. The molecule has 0 aliphatic carbocycles. The van der Waals surface area contributed by atoms with E-state index in [0.29, 0.717) is 0 Å². The minimum Gasteiger partial charge on any atom is -0.479 e. The van der Waals surface area contributed by atoms with E-state index >= 15 is 0 Å². The maximum absolute atomic E-state index is 13.0. The fourth-order valence-electron chi connectivity index (χ4n) is 1.09. The summed E-state index contributed by atoms with van der Waals surface area (Å²) in [6.45, 7) is 1.15. The number of carboxylic acids is 1. The van der Waals surface area contributed by atoms with Gasteiger partial charge in [-0.1, -0.05) is 6.92 Å². The zero-order valence-electron chi connectivity index (χ0n) is 8.89. The molecule has 0 fully saturated rings. The summed E-state index contributed by atoms with van der Waals surface area (Å²) >= 11 is 2.90. The largest absolute Gasteiger partial charge is 0.479 e. The number of nitrogens with two attached hydrogens (primary N) is 1. The van der Waals surface area contributed by atoms with E-state index in [2.05, 4.69) is 12.6 Å². The molecular weight excluding hydrogens is 299 g/mol. The monoisotopic (exact) mass is 313 g/mol. The van der Waals surface area contributed by atoms with Crippen molar-refractivity contribution in [3.8, 4) is 0 Å². The van der Waals surface area contributed by atoms with Crippen LogP contribution in [0.15, 0.2) is 0 Å². The third-order valence-corrected chi connectivity index (χ3v) is 2.32. The van der Waals surface area contributed by atoms with Gasteiger partial charge in [-0.2, -0.15) is 8.78 Å². The summed E-state index contributed by atoms with van der Waals surface area (Å²) in [5.74, 6) is -1.88. The molecule has 104 valence electrons. The summed E-state index contributed by atoms with van der Waals surface area (Å²) in [6, 6.07) is 0. The highest BCUT2D eigenvalue weighted by Crippen LogP contribution is 2.33. The number of hydrogen-bond donors (Lipinski definition) is 4. The molecule has 0 spiro atoms. The van der Waals surface area contributed by atoms with Gasteiger partial charge in [-0.15, -0.1) is 37.4 Å². The molecule has 0 rings (SSSR count). The first-order valence-corrected chi connectivity index (χ1v) is 4.53. The first kappa shape index (κ1) is 22.1. The number of alkyl halides is 2. The minimum atomic E-state index is -3.90. The Morgan fingerprint density at radius 2 is 2.00 bits per heavy atom. The van der Waals surface area contributed by atoms with Crippen LogP contribution < -0.4 is 5.73 Å². The van der Waals surface area contributed by atoms with E-state index in [9.17, 15) is 13.6 Å².